The molecule has 0 spiro atoms. The molecule has 1 fully saturated rings. The van der Waals surface area contributed by atoms with Crippen LogP contribution in [0.3, 0.4) is 0 Å². The molecule has 128 valence electrons. The van der Waals surface area contributed by atoms with Crippen LogP contribution in [0.15, 0.2) is 42.9 Å². The molecule has 1 saturated heterocycles. The Bertz CT molecular complexity index is 907. The highest BCUT2D eigenvalue weighted by Crippen LogP contribution is 2.22. The Morgan fingerprint density at radius 3 is 2.64 bits per heavy atom. The molecule has 0 saturated carbocycles. The van der Waals surface area contributed by atoms with E-state index in [1.54, 1.807) is 12.5 Å². The summed E-state index contributed by atoms with van der Waals surface area (Å²) in [6.07, 6.45) is 8.18. The van der Waals surface area contributed by atoms with E-state index in [-0.39, 0.29) is 5.91 Å². The van der Waals surface area contributed by atoms with Gasteiger partial charge in [0, 0.05) is 24.8 Å². The van der Waals surface area contributed by atoms with E-state index in [1.807, 2.05) is 46.7 Å². The number of fused-ring (bicyclic) bond motifs is 1. The first kappa shape index (κ1) is 15.8. The zero-order valence-electron chi connectivity index (χ0n) is 14.5. The van der Waals surface area contributed by atoms with Crippen LogP contribution in [0.5, 0.6) is 0 Å². The Balaban J connectivity index is 1.72. The highest BCUT2D eigenvalue weighted by Gasteiger charge is 2.19. The number of amides is 1. The summed E-state index contributed by atoms with van der Waals surface area (Å²) in [5.74, 6) is 0.125. The number of imidazole rings is 1. The summed E-state index contributed by atoms with van der Waals surface area (Å²) >= 11 is 0. The molecule has 25 heavy (non-hydrogen) atoms. The number of likely N-dealkylation sites (tertiary alicyclic amines) is 1. The molecule has 0 N–H and O–H groups in total. The lowest BCUT2D eigenvalue weighted by Crippen LogP contribution is -2.31. The maximum absolute atomic E-state index is 12.9. The Kier molecular flexibility index (Phi) is 4.22. The van der Waals surface area contributed by atoms with E-state index in [4.69, 9.17) is 0 Å². The summed E-state index contributed by atoms with van der Waals surface area (Å²) in [7, 11) is 0. The van der Waals surface area contributed by atoms with Gasteiger partial charge in [0.2, 0.25) is 0 Å². The third kappa shape index (κ3) is 3.02. The summed E-state index contributed by atoms with van der Waals surface area (Å²) in [5.41, 5.74) is 4.45. The third-order valence-corrected chi connectivity index (χ3v) is 4.92. The van der Waals surface area contributed by atoms with Crippen molar-refractivity contribution in [3.05, 3.63) is 54.0 Å². The number of hydrogen-bond donors (Lipinski definition) is 0. The molecule has 0 radical (unpaired) electrons. The average Bonchev–Trinajstić information content (AvgIpc) is 2.87. The summed E-state index contributed by atoms with van der Waals surface area (Å²) < 4.78 is 1.96. The highest BCUT2D eigenvalue weighted by molar-refractivity contribution is 5.95. The van der Waals surface area contributed by atoms with Crippen LogP contribution in [0.4, 0.5) is 0 Å². The molecule has 1 amide bonds. The zero-order valence-corrected chi connectivity index (χ0v) is 14.5. The number of aryl methyl sites for hydroxylation is 1. The number of rotatable bonds is 2. The van der Waals surface area contributed by atoms with Crippen LogP contribution in [0, 0.1) is 6.92 Å². The van der Waals surface area contributed by atoms with Gasteiger partial charge < -0.3 is 4.90 Å². The maximum Gasteiger partial charge on any atom is 0.253 e. The van der Waals surface area contributed by atoms with Crippen LogP contribution >= 0.6 is 0 Å². The Labute approximate surface area is 147 Å². The number of hydrogen-bond acceptors (Lipinski definition) is 3. The quantitative estimate of drug-likeness (QED) is 0.717. The van der Waals surface area contributed by atoms with Crippen molar-refractivity contribution >= 4 is 17.1 Å². The molecular formula is C20H22N4O. The maximum atomic E-state index is 12.9. The number of benzene rings is 1. The molecule has 3 aromatic rings. The summed E-state index contributed by atoms with van der Waals surface area (Å²) in [6, 6.07) is 9.73. The van der Waals surface area contributed by atoms with Crippen molar-refractivity contribution in [1.29, 1.82) is 0 Å². The van der Waals surface area contributed by atoms with E-state index in [2.05, 4.69) is 9.97 Å². The van der Waals surface area contributed by atoms with Crippen molar-refractivity contribution in [1.82, 2.24) is 19.4 Å². The van der Waals surface area contributed by atoms with Gasteiger partial charge in [0.1, 0.15) is 11.8 Å². The van der Waals surface area contributed by atoms with Gasteiger partial charge in [0.05, 0.1) is 5.69 Å². The van der Waals surface area contributed by atoms with Gasteiger partial charge in [-0.3, -0.25) is 9.36 Å². The topological polar surface area (TPSA) is 51.0 Å². The Morgan fingerprint density at radius 1 is 1.04 bits per heavy atom. The van der Waals surface area contributed by atoms with E-state index in [1.165, 1.54) is 12.8 Å². The molecule has 0 bridgehead atoms. The number of nitrogens with zero attached hydrogens (tertiary/aromatic N) is 4. The van der Waals surface area contributed by atoms with Crippen molar-refractivity contribution in [3.8, 4) is 5.69 Å². The fourth-order valence-electron chi connectivity index (χ4n) is 3.48. The van der Waals surface area contributed by atoms with Crippen molar-refractivity contribution in [2.75, 3.05) is 13.1 Å². The van der Waals surface area contributed by atoms with Gasteiger partial charge in [0.25, 0.3) is 5.91 Å². The van der Waals surface area contributed by atoms with Crippen LogP contribution in [0.2, 0.25) is 0 Å². The van der Waals surface area contributed by atoms with Gasteiger partial charge in [0.15, 0.2) is 5.65 Å². The third-order valence-electron chi connectivity index (χ3n) is 4.92. The van der Waals surface area contributed by atoms with Gasteiger partial charge in [-0.1, -0.05) is 18.9 Å². The predicted molar refractivity (Wildman–Crippen MR) is 98.0 cm³/mol. The fraction of sp³-hybridized carbons (Fsp3) is 0.350. The first-order chi connectivity index (χ1) is 12.2. The molecule has 2 aromatic heterocycles. The van der Waals surface area contributed by atoms with E-state index in [9.17, 15) is 4.79 Å². The molecule has 1 aliphatic heterocycles. The summed E-state index contributed by atoms with van der Waals surface area (Å²) in [6.45, 7) is 3.76. The van der Waals surface area contributed by atoms with Crippen LogP contribution in [0.1, 0.15) is 41.6 Å². The van der Waals surface area contributed by atoms with Gasteiger partial charge in [-0.05, 0) is 49.6 Å². The SMILES string of the molecule is Cc1ccc(C(=O)N2CCCCCC2)cc1-n1cnc2cccnc21. The second kappa shape index (κ2) is 6.67. The summed E-state index contributed by atoms with van der Waals surface area (Å²) in [4.78, 5) is 23.8. The lowest BCUT2D eigenvalue weighted by atomic mass is 10.1. The smallest absolute Gasteiger partial charge is 0.253 e. The van der Waals surface area contributed by atoms with Crippen LogP contribution < -0.4 is 0 Å². The second-order valence-electron chi connectivity index (χ2n) is 6.67. The molecule has 1 aromatic carbocycles. The van der Waals surface area contributed by atoms with E-state index >= 15 is 0 Å². The molecule has 0 atom stereocenters. The van der Waals surface area contributed by atoms with Gasteiger partial charge in [-0.25, -0.2) is 9.97 Å². The van der Waals surface area contributed by atoms with Gasteiger partial charge in [-0.15, -0.1) is 0 Å². The minimum atomic E-state index is 0.125. The van der Waals surface area contributed by atoms with Crippen molar-refractivity contribution in [2.24, 2.45) is 0 Å². The fourth-order valence-corrected chi connectivity index (χ4v) is 3.48. The molecular weight excluding hydrogens is 312 g/mol. The van der Waals surface area contributed by atoms with Gasteiger partial charge >= 0.3 is 0 Å². The highest BCUT2D eigenvalue weighted by atomic mass is 16.2. The molecule has 3 heterocycles. The first-order valence-corrected chi connectivity index (χ1v) is 8.92. The predicted octanol–water partition coefficient (Wildman–Crippen LogP) is 3.75. The van der Waals surface area contributed by atoms with Crippen LogP contribution in [-0.2, 0) is 0 Å². The lowest BCUT2D eigenvalue weighted by molar-refractivity contribution is 0.0761. The molecule has 1 aliphatic rings. The van der Waals surface area contributed by atoms with Crippen LogP contribution in [-0.4, -0.2) is 38.4 Å². The Morgan fingerprint density at radius 2 is 1.84 bits per heavy atom. The molecule has 5 heteroatoms. The van der Waals surface area contributed by atoms with E-state index < -0.39 is 0 Å². The zero-order chi connectivity index (χ0) is 17.2. The van der Waals surface area contributed by atoms with E-state index in [0.29, 0.717) is 0 Å². The number of aromatic nitrogens is 3. The monoisotopic (exact) mass is 334 g/mol. The Hall–Kier alpha value is -2.69. The van der Waals surface area contributed by atoms with E-state index in [0.717, 1.165) is 53.9 Å². The van der Waals surface area contributed by atoms with Crippen molar-refractivity contribution in [3.63, 3.8) is 0 Å². The first-order valence-electron chi connectivity index (χ1n) is 8.92. The molecule has 0 unspecified atom stereocenters. The number of carbonyl (C=O) groups excluding carboxylic acids is 1. The average molecular weight is 334 g/mol. The van der Waals surface area contributed by atoms with Crippen molar-refractivity contribution in [2.45, 2.75) is 32.6 Å². The second-order valence-corrected chi connectivity index (χ2v) is 6.67. The molecule has 0 aliphatic carbocycles. The summed E-state index contributed by atoms with van der Waals surface area (Å²) in [5, 5.41) is 0. The standard InChI is InChI=1S/C20H22N4O/c1-15-8-9-16(20(25)23-11-4-2-3-5-12-23)13-18(15)24-14-22-17-7-6-10-21-19(17)24/h6-10,13-14H,2-5,11-12H2,1H3. The number of pyridine rings is 1. The normalized spacial score (nSPS) is 15.3. The van der Waals surface area contributed by atoms with Gasteiger partial charge in [-0.2, -0.15) is 0 Å². The number of carbonyl (C=O) groups is 1. The molecule has 5 nitrogen and oxygen atoms in total. The lowest BCUT2D eigenvalue weighted by Gasteiger charge is -2.21. The van der Waals surface area contributed by atoms with Crippen molar-refractivity contribution < 1.29 is 4.79 Å². The minimum absolute atomic E-state index is 0.125. The van der Waals surface area contributed by atoms with Crippen LogP contribution in [0.25, 0.3) is 16.9 Å². The minimum Gasteiger partial charge on any atom is -0.339 e. The largest absolute Gasteiger partial charge is 0.339 e. The molecule has 4 rings (SSSR count).